The average Bonchev–Trinajstić information content (AvgIpc) is 2.49. The van der Waals surface area contributed by atoms with Crippen molar-refractivity contribution in [2.75, 3.05) is 13.2 Å². The van der Waals surface area contributed by atoms with E-state index in [1.807, 2.05) is 27.7 Å². The Morgan fingerprint density at radius 3 is 2.32 bits per heavy atom. The van der Waals surface area contributed by atoms with E-state index in [1.165, 1.54) is 0 Å². The van der Waals surface area contributed by atoms with Gasteiger partial charge in [-0.05, 0) is 45.5 Å². The SMILES string of the molecule is CCOc1cc2[nH]c(=S)n([C@H](C)CC)c(=O)c2cc1OCC. The third kappa shape index (κ3) is 3.02. The number of hydrogen-bond acceptors (Lipinski definition) is 4. The lowest BCUT2D eigenvalue weighted by Gasteiger charge is -2.16. The molecular weight excluding hydrogens is 300 g/mol. The molecule has 0 fully saturated rings. The molecule has 0 amide bonds. The molecule has 0 spiro atoms. The first-order valence-corrected chi connectivity index (χ1v) is 8.02. The third-order valence-electron chi connectivity index (χ3n) is 3.62. The van der Waals surface area contributed by atoms with Gasteiger partial charge in [0.25, 0.3) is 5.56 Å². The van der Waals surface area contributed by atoms with Crippen molar-refractivity contribution in [2.24, 2.45) is 0 Å². The number of aromatic amines is 1. The summed E-state index contributed by atoms with van der Waals surface area (Å²) >= 11 is 5.34. The number of benzene rings is 1. The van der Waals surface area contributed by atoms with E-state index in [9.17, 15) is 4.79 Å². The van der Waals surface area contributed by atoms with Gasteiger partial charge in [0.05, 0.1) is 24.1 Å². The van der Waals surface area contributed by atoms with Crippen molar-refractivity contribution in [3.8, 4) is 11.5 Å². The average molecular weight is 322 g/mol. The van der Waals surface area contributed by atoms with Gasteiger partial charge in [0, 0.05) is 12.1 Å². The molecule has 0 radical (unpaired) electrons. The molecule has 0 aliphatic carbocycles. The van der Waals surface area contributed by atoms with E-state index in [-0.39, 0.29) is 11.6 Å². The largest absolute Gasteiger partial charge is 0.490 e. The Morgan fingerprint density at radius 1 is 1.18 bits per heavy atom. The van der Waals surface area contributed by atoms with Crippen LogP contribution in [0.1, 0.15) is 40.2 Å². The van der Waals surface area contributed by atoms with Gasteiger partial charge in [0.2, 0.25) is 0 Å². The van der Waals surface area contributed by atoms with Crippen LogP contribution in [0, 0.1) is 4.77 Å². The van der Waals surface area contributed by atoms with E-state index in [0.717, 1.165) is 6.42 Å². The first-order chi connectivity index (χ1) is 10.5. The highest BCUT2D eigenvalue weighted by Gasteiger charge is 2.14. The number of H-pyrrole nitrogens is 1. The maximum atomic E-state index is 12.8. The molecule has 2 aromatic rings. The summed E-state index contributed by atoms with van der Waals surface area (Å²) in [5, 5.41) is 0.556. The molecule has 6 heteroatoms. The Balaban J connectivity index is 2.76. The summed E-state index contributed by atoms with van der Waals surface area (Å²) in [5.74, 6) is 1.19. The van der Waals surface area contributed by atoms with Crippen molar-refractivity contribution >= 4 is 23.1 Å². The van der Waals surface area contributed by atoms with Crippen LogP contribution >= 0.6 is 12.2 Å². The number of fused-ring (bicyclic) bond motifs is 1. The molecule has 120 valence electrons. The van der Waals surface area contributed by atoms with Gasteiger partial charge in [-0.1, -0.05) is 6.92 Å². The number of hydrogen-bond donors (Lipinski definition) is 1. The minimum Gasteiger partial charge on any atom is -0.490 e. The van der Waals surface area contributed by atoms with Crippen LogP contribution in [0.15, 0.2) is 16.9 Å². The maximum absolute atomic E-state index is 12.8. The zero-order chi connectivity index (χ0) is 16.3. The quantitative estimate of drug-likeness (QED) is 0.821. The predicted octanol–water partition coefficient (Wildman–Crippen LogP) is 3.83. The number of nitrogens with one attached hydrogen (secondary N) is 1. The molecule has 1 aromatic heterocycles. The topological polar surface area (TPSA) is 56.2 Å². The summed E-state index contributed by atoms with van der Waals surface area (Å²) in [6, 6.07) is 3.56. The third-order valence-corrected chi connectivity index (χ3v) is 3.92. The van der Waals surface area contributed by atoms with Crippen molar-refractivity contribution < 1.29 is 9.47 Å². The molecule has 0 aliphatic heterocycles. The highest BCUT2D eigenvalue weighted by atomic mass is 32.1. The lowest BCUT2D eigenvalue weighted by atomic mass is 10.2. The molecule has 0 saturated heterocycles. The molecule has 5 nitrogen and oxygen atoms in total. The minimum atomic E-state index is -0.0999. The summed E-state index contributed by atoms with van der Waals surface area (Å²) in [5.41, 5.74) is 0.568. The van der Waals surface area contributed by atoms with E-state index in [2.05, 4.69) is 4.98 Å². The smallest absolute Gasteiger partial charge is 0.262 e. The Labute approximate surface area is 134 Å². The van der Waals surface area contributed by atoms with Crippen molar-refractivity contribution in [1.82, 2.24) is 9.55 Å². The summed E-state index contributed by atoms with van der Waals surface area (Å²) in [4.78, 5) is 15.9. The van der Waals surface area contributed by atoms with E-state index in [0.29, 0.717) is 40.4 Å². The monoisotopic (exact) mass is 322 g/mol. The van der Waals surface area contributed by atoms with Crippen LogP contribution < -0.4 is 15.0 Å². The molecule has 22 heavy (non-hydrogen) atoms. The van der Waals surface area contributed by atoms with Crippen LogP contribution in [0.25, 0.3) is 10.9 Å². The number of ether oxygens (including phenoxy) is 2. The zero-order valence-electron chi connectivity index (χ0n) is 13.4. The molecule has 2 rings (SSSR count). The highest BCUT2D eigenvalue weighted by molar-refractivity contribution is 7.71. The van der Waals surface area contributed by atoms with Crippen LogP contribution in [-0.2, 0) is 0 Å². The van der Waals surface area contributed by atoms with Gasteiger partial charge >= 0.3 is 0 Å². The van der Waals surface area contributed by atoms with Gasteiger partial charge in [-0.2, -0.15) is 0 Å². The second kappa shape index (κ2) is 6.96. The number of rotatable bonds is 6. The fourth-order valence-corrected chi connectivity index (χ4v) is 2.73. The Hall–Kier alpha value is -1.82. The lowest BCUT2D eigenvalue weighted by Crippen LogP contribution is -2.25. The molecule has 1 heterocycles. The van der Waals surface area contributed by atoms with Crippen molar-refractivity contribution in [2.45, 2.75) is 40.2 Å². The zero-order valence-corrected chi connectivity index (χ0v) is 14.3. The van der Waals surface area contributed by atoms with Crippen LogP contribution in [0.3, 0.4) is 0 Å². The fraction of sp³-hybridized carbons (Fsp3) is 0.500. The first-order valence-electron chi connectivity index (χ1n) is 7.61. The summed E-state index contributed by atoms with van der Waals surface area (Å²) in [6.45, 7) is 8.85. The van der Waals surface area contributed by atoms with E-state index >= 15 is 0 Å². The second-order valence-corrected chi connectivity index (χ2v) is 5.46. The van der Waals surface area contributed by atoms with Crippen molar-refractivity contribution in [3.05, 3.63) is 27.3 Å². The van der Waals surface area contributed by atoms with Gasteiger partial charge < -0.3 is 14.5 Å². The van der Waals surface area contributed by atoms with Gasteiger partial charge in [-0.15, -0.1) is 0 Å². The molecule has 0 bridgehead atoms. The standard InChI is InChI=1S/C16H22N2O3S/c1-5-10(4)18-15(19)11-8-13(20-6-2)14(21-7-3)9-12(11)17-16(18)22/h8-10H,5-7H2,1-4H3,(H,17,22)/t10-/m1/s1. The van der Waals surface area contributed by atoms with Crippen LogP contribution in [0.5, 0.6) is 11.5 Å². The Bertz CT molecular complexity index is 779. The fourth-order valence-electron chi connectivity index (χ4n) is 2.36. The first kappa shape index (κ1) is 16.5. The minimum absolute atomic E-state index is 0.0442. The van der Waals surface area contributed by atoms with E-state index in [4.69, 9.17) is 21.7 Å². The number of nitrogens with zero attached hydrogens (tertiary/aromatic N) is 1. The molecular formula is C16H22N2O3S. The summed E-state index contributed by atoms with van der Waals surface area (Å²) < 4.78 is 13.2. The molecule has 0 unspecified atom stereocenters. The molecule has 1 N–H and O–H groups in total. The van der Waals surface area contributed by atoms with Crippen LogP contribution in [0.2, 0.25) is 0 Å². The molecule has 0 saturated carbocycles. The van der Waals surface area contributed by atoms with Crippen molar-refractivity contribution in [3.63, 3.8) is 0 Å². The molecule has 0 aliphatic rings. The highest BCUT2D eigenvalue weighted by Crippen LogP contribution is 2.31. The van der Waals surface area contributed by atoms with E-state index < -0.39 is 0 Å². The van der Waals surface area contributed by atoms with Crippen LogP contribution in [0.4, 0.5) is 0 Å². The predicted molar refractivity (Wildman–Crippen MR) is 90.7 cm³/mol. The normalized spacial score (nSPS) is 12.4. The maximum Gasteiger partial charge on any atom is 0.262 e. The Morgan fingerprint density at radius 2 is 1.77 bits per heavy atom. The van der Waals surface area contributed by atoms with Crippen LogP contribution in [-0.4, -0.2) is 22.8 Å². The molecule has 1 aromatic carbocycles. The summed E-state index contributed by atoms with van der Waals surface area (Å²) in [7, 11) is 0. The van der Waals surface area contributed by atoms with Gasteiger partial charge in [-0.3, -0.25) is 9.36 Å². The van der Waals surface area contributed by atoms with Gasteiger partial charge in [0.15, 0.2) is 16.3 Å². The van der Waals surface area contributed by atoms with Crippen molar-refractivity contribution in [1.29, 1.82) is 0 Å². The number of aromatic nitrogens is 2. The Kier molecular flexibility index (Phi) is 5.24. The molecule has 1 atom stereocenters. The second-order valence-electron chi connectivity index (χ2n) is 5.07. The van der Waals surface area contributed by atoms with Gasteiger partial charge in [-0.25, -0.2) is 0 Å². The summed E-state index contributed by atoms with van der Waals surface area (Å²) in [6.07, 6.45) is 0.832. The van der Waals surface area contributed by atoms with Gasteiger partial charge in [0.1, 0.15) is 0 Å². The van der Waals surface area contributed by atoms with E-state index in [1.54, 1.807) is 16.7 Å². The lowest BCUT2D eigenvalue weighted by molar-refractivity contribution is 0.288.